The zero-order valence-corrected chi connectivity index (χ0v) is 13.4. The molecule has 0 saturated carbocycles. The number of nitrogens with zero attached hydrogens (tertiary/aromatic N) is 2. The molecule has 1 unspecified atom stereocenters. The van der Waals surface area contributed by atoms with E-state index in [2.05, 4.69) is 5.32 Å². The standard InChI is InChI=1S/C15H20ClN3O4/c16-11-1-3-13(4-2-11)19-10-12(9-14(19)22)17-15(23)18(5-7-20)6-8-21/h1-4,12,20-21H,5-10H2,(H,17,23). The molecule has 1 aliphatic heterocycles. The number of rotatable bonds is 6. The van der Waals surface area contributed by atoms with E-state index in [0.717, 1.165) is 5.69 Å². The second kappa shape index (κ2) is 8.14. The third kappa shape index (κ3) is 4.57. The fourth-order valence-corrected chi connectivity index (χ4v) is 2.62. The van der Waals surface area contributed by atoms with Crippen LogP contribution in [-0.2, 0) is 4.79 Å². The Balaban J connectivity index is 1.96. The number of nitrogens with one attached hydrogen (secondary N) is 1. The highest BCUT2D eigenvalue weighted by atomic mass is 35.5. The predicted molar refractivity (Wildman–Crippen MR) is 86.5 cm³/mol. The van der Waals surface area contributed by atoms with Gasteiger partial charge in [-0.2, -0.15) is 0 Å². The van der Waals surface area contributed by atoms with Gasteiger partial charge in [-0.1, -0.05) is 11.6 Å². The molecule has 0 radical (unpaired) electrons. The Hall–Kier alpha value is -1.83. The molecule has 2 rings (SSSR count). The van der Waals surface area contributed by atoms with E-state index < -0.39 is 6.03 Å². The molecule has 23 heavy (non-hydrogen) atoms. The summed E-state index contributed by atoms with van der Waals surface area (Å²) in [4.78, 5) is 27.2. The van der Waals surface area contributed by atoms with Crippen molar-refractivity contribution in [3.05, 3.63) is 29.3 Å². The fourth-order valence-electron chi connectivity index (χ4n) is 2.50. The zero-order chi connectivity index (χ0) is 16.8. The third-order valence-electron chi connectivity index (χ3n) is 3.62. The van der Waals surface area contributed by atoms with E-state index in [1.165, 1.54) is 4.90 Å². The van der Waals surface area contributed by atoms with E-state index >= 15 is 0 Å². The van der Waals surface area contributed by atoms with Crippen LogP contribution in [0.1, 0.15) is 6.42 Å². The lowest BCUT2D eigenvalue weighted by molar-refractivity contribution is -0.117. The smallest absolute Gasteiger partial charge is 0.317 e. The van der Waals surface area contributed by atoms with Crippen LogP contribution in [0.2, 0.25) is 5.02 Å². The molecule has 1 atom stereocenters. The number of aliphatic hydroxyl groups excluding tert-OH is 2. The third-order valence-corrected chi connectivity index (χ3v) is 3.87. The van der Waals surface area contributed by atoms with Gasteiger partial charge in [0.2, 0.25) is 5.91 Å². The Labute approximate surface area is 139 Å². The lowest BCUT2D eigenvalue weighted by Crippen LogP contribution is -2.47. The van der Waals surface area contributed by atoms with Crippen LogP contribution in [-0.4, -0.2) is 65.9 Å². The van der Waals surface area contributed by atoms with Crippen LogP contribution in [0.3, 0.4) is 0 Å². The van der Waals surface area contributed by atoms with Gasteiger partial charge in [-0.15, -0.1) is 0 Å². The quantitative estimate of drug-likeness (QED) is 0.700. The fraction of sp³-hybridized carbons (Fsp3) is 0.467. The second-order valence-corrected chi connectivity index (χ2v) is 5.70. The number of hydrogen-bond acceptors (Lipinski definition) is 4. The van der Waals surface area contributed by atoms with Crippen molar-refractivity contribution < 1.29 is 19.8 Å². The van der Waals surface area contributed by atoms with E-state index in [4.69, 9.17) is 21.8 Å². The summed E-state index contributed by atoms with van der Waals surface area (Å²) in [5.41, 5.74) is 0.735. The van der Waals surface area contributed by atoms with Crippen LogP contribution in [0.25, 0.3) is 0 Å². The molecule has 7 nitrogen and oxygen atoms in total. The first-order valence-electron chi connectivity index (χ1n) is 7.38. The summed E-state index contributed by atoms with van der Waals surface area (Å²) in [5, 5.41) is 21.3. The van der Waals surface area contributed by atoms with Gasteiger partial charge in [0.1, 0.15) is 0 Å². The summed E-state index contributed by atoms with van der Waals surface area (Å²) in [5.74, 6) is -0.0755. The molecule has 1 aromatic carbocycles. The average molecular weight is 342 g/mol. The van der Waals surface area contributed by atoms with Gasteiger partial charge in [0, 0.05) is 36.8 Å². The first-order valence-corrected chi connectivity index (χ1v) is 7.76. The molecule has 8 heteroatoms. The minimum Gasteiger partial charge on any atom is -0.395 e. The lowest BCUT2D eigenvalue weighted by atomic mass is 10.2. The molecule has 3 amide bonds. The molecular weight excluding hydrogens is 322 g/mol. The Morgan fingerprint density at radius 3 is 2.43 bits per heavy atom. The maximum atomic E-state index is 12.1. The van der Waals surface area contributed by atoms with Gasteiger partial charge in [-0.05, 0) is 24.3 Å². The van der Waals surface area contributed by atoms with E-state index in [9.17, 15) is 9.59 Å². The Kier molecular flexibility index (Phi) is 6.20. The van der Waals surface area contributed by atoms with Gasteiger partial charge in [0.05, 0.1) is 19.3 Å². The average Bonchev–Trinajstić information content (AvgIpc) is 2.88. The van der Waals surface area contributed by atoms with Crippen molar-refractivity contribution in [2.24, 2.45) is 0 Å². The topological polar surface area (TPSA) is 93.1 Å². The maximum Gasteiger partial charge on any atom is 0.317 e. The Bertz CT molecular complexity index is 546. The summed E-state index contributed by atoms with van der Waals surface area (Å²) in [6.07, 6.45) is 0.209. The summed E-state index contributed by atoms with van der Waals surface area (Å²) in [7, 11) is 0. The number of amides is 3. The van der Waals surface area contributed by atoms with Crippen molar-refractivity contribution in [2.45, 2.75) is 12.5 Å². The van der Waals surface area contributed by atoms with Crippen molar-refractivity contribution in [1.82, 2.24) is 10.2 Å². The lowest BCUT2D eigenvalue weighted by Gasteiger charge is -2.23. The molecular formula is C15H20ClN3O4. The van der Waals surface area contributed by atoms with Gasteiger partial charge in [-0.25, -0.2) is 4.79 Å². The van der Waals surface area contributed by atoms with Crippen molar-refractivity contribution in [1.29, 1.82) is 0 Å². The normalized spacial score (nSPS) is 17.4. The highest BCUT2D eigenvalue weighted by Gasteiger charge is 2.32. The van der Waals surface area contributed by atoms with E-state index in [1.54, 1.807) is 29.2 Å². The number of halogens is 1. The summed E-state index contributed by atoms with van der Waals surface area (Å²) in [6, 6.07) is 6.22. The molecule has 126 valence electrons. The van der Waals surface area contributed by atoms with E-state index in [0.29, 0.717) is 11.6 Å². The van der Waals surface area contributed by atoms with Crippen molar-refractivity contribution in [3.8, 4) is 0 Å². The van der Waals surface area contributed by atoms with Gasteiger partial charge in [-0.3, -0.25) is 4.79 Å². The summed E-state index contributed by atoms with van der Waals surface area (Å²) in [6.45, 7) is 0.266. The number of benzene rings is 1. The minimum atomic E-state index is -0.399. The minimum absolute atomic E-state index is 0.0755. The summed E-state index contributed by atoms with van der Waals surface area (Å²) < 4.78 is 0. The van der Waals surface area contributed by atoms with E-state index in [1.807, 2.05) is 0 Å². The van der Waals surface area contributed by atoms with Crippen LogP contribution >= 0.6 is 11.6 Å². The zero-order valence-electron chi connectivity index (χ0n) is 12.6. The Morgan fingerprint density at radius 2 is 1.87 bits per heavy atom. The largest absolute Gasteiger partial charge is 0.395 e. The van der Waals surface area contributed by atoms with Gasteiger partial charge in [0.25, 0.3) is 0 Å². The number of anilines is 1. The van der Waals surface area contributed by atoms with Crippen molar-refractivity contribution in [3.63, 3.8) is 0 Å². The van der Waals surface area contributed by atoms with Crippen LogP contribution in [0.5, 0.6) is 0 Å². The SMILES string of the molecule is O=C(NC1CC(=O)N(c2ccc(Cl)cc2)C1)N(CCO)CCO. The highest BCUT2D eigenvalue weighted by Crippen LogP contribution is 2.23. The number of hydrogen-bond donors (Lipinski definition) is 3. The van der Waals surface area contributed by atoms with Gasteiger partial charge >= 0.3 is 6.03 Å². The Morgan fingerprint density at radius 1 is 1.26 bits per heavy atom. The van der Waals surface area contributed by atoms with Crippen LogP contribution in [0.4, 0.5) is 10.5 Å². The molecule has 3 N–H and O–H groups in total. The first-order chi connectivity index (χ1) is 11.0. The molecule has 0 bridgehead atoms. The molecule has 1 aromatic rings. The second-order valence-electron chi connectivity index (χ2n) is 5.27. The molecule has 1 aliphatic rings. The highest BCUT2D eigenvalue weighted by molar-refractivity contribution is 6.30. The van der Waals surface area contributed by atoms with Gasteiger partial charge < -0.3 is 25.3 Å². The first kappa shape index (κ1) is 17.5. The molecule has 1 fully saturated rings. The molecule has 1 saturated heterocycles. The van der Waals surface area contributed by atoms with Crippen molar-refractivity contribution >= 4 is 29.2 Å². The number of aliphatic hydroxyl groups is 2. The molecule has 0 spiro atoms. The number of carbonyl (C=O) groups excluding carboxylic acids is 2. The predicted octanol–water partition coefficient (Wildman–Crippen LogP) is 0.441. The van der Waals surface area contributed by atoms with Crippen LogP contribution in [0.15, 0.2) is 24.3 Å². The van der Waals surface area contributed by atoms with Gasteiger partial charge in [0.15, 0.2) is 0 Å². The number of urea groups is 1. The van der Waals surface area contributed by atoms with E-state index in [-0.39, 0.29) is 44.7 Å². The maximum absolute atomic E-state index is 12.1. The molecule has 0 aromatic heterocycles. The molecule has 1 heterocycles. The van der Waals surface area contributed by atoms with Crippen LogP contribution < -0.4 is 10.2 Å². The number of carbonyl (C=O) groups is 2. The molecule has 0 aliphatic carbocycles. The summed E-state index contributed by atoms with van der Waals surface area (Å²) >= 11 is 5.84. The van der Waals surface area contributed by atoms with Crippen molar-refractivity contribution in [2.75, 3.05) is 37.7 Å². The van der Waals surface area contributed by atoms with Crippen LogP contribution in [0, 0.1) is 0 Å². The monoisotopic (exact) mass is 341 g/mol.